The molecule has 6 heteroatoms. The molecule has 2 rings (SSSR count). The van der Waals surface area contributed by atoms with Gasteiger partial charge in [-0.15, -0.1) is 0 Å². The third-order valence-corrected chi connectivity index (χ3v) is 3.49. The molecular weight excluding hydrogens is 256 g/mol. The number of aliphatic carboxylic acids is 1. The summed E-state index contributed by atoms with van der Waals surface area (Å²) in [5.74, 6) is 0.0972. The Morgan fingerprint density at radius 1 is 1.20 bits per heavy atom. The lowest BCUT2D eigenvalue weighted by atomic mass is 10.2. The first-order valence-corrected chi connectivity index (χ1v) is 7.06. The van der Waals surface area contributed by atoms with Gasteiger partial charge in [-0.3, -0.25) is 9.69 Å². The van der Waals surface area contributed by atoms with E-state index in [1.54, 1.807) is 0 Å². The third-order valence-electron chi connectivity index (χ3n) is 3.49. The van der Waals surface area contributed by atoms with Crippen LogP contribution in [0.25, 0.3) is 0 Å². The van der Waals surface area contributed by atoms with Gasteiger partial charge in [-0.2, -0.15) is 0 Å². The zero-order valence-electron chi connectivity index (χ0n) is 12.2. The fourth-order valence-corrected chi connectivity index (χ4v) is 2.47. The van der Waals surface area contributed by atoms with Crippen molar-refractivity contribution < 1.29 is 9.90 Å². The van der Waals surface area contributed by atoms with Gasteiger partial charge < -0.3 is 10.0 Å². The number of anilines is 1. The number of aromatic nitrogens is 2. The number of piperazine rings is 1. The average molecular weight is 278 g/mol. The highest BCUT2D eigenvalue weighted by Gasteiger charge is 2.19. The van der Waals surface area contributed by atoms with E-state index in [9.17, 15) is 4.79 Å². The molecule has 1 aromatic rings. The lowest BCUT2D eigenvalue weighted by molar-refractivity contribution is -0.137. The van der Waals surface area contributed by atoms with E-state index in [0.29, 0.717) is 0 Å². The number of carbonyl (C=O) groups is 1. The molecule has 0 spiro atoms. The minimum absolute atomic E-state index is 0.250. The van der Waals surface area contributed by atoms with Gasteiger partial charge in [-0.25, -0.2) is 9.97 Å². The summed E-state index contributed by atoms with van der Waals surface area (Å²) in [6.07, 6.45) is 0.968. The predicted octanol–water partition coefficient (Wildman–Crippen LogP) is 1.08. The summed E-state index contributed by atoms with van der Waals surface area (Å²) < 4.78 is 0. The lowest BCUT2D eigenvalue weighted by Crippen LogP contribution is -2.47. The molecule has 1 fully saturated rings. The molecule has 1 aliphatic heterocycles. The van der Waals surface area contributed by atoms with E-state index in [2.05, 4.69) is 19.8 Å². The van der Waals surface area contributed by atoms with Crippen LogP contribution in [0.5, 0.6) is 0 Å². The number of hydrogen-bond donors (Lipinski definition) is 1. The first-order chi connectivity index (χ1) is 9.54. The van der Waals surface area contributed by atoms with Crippen molar-refractivity contribution in [2.75, 3.05) is 37.6 Å². The number of carboxylic acid groups (broad SMARTS) is 1. The smallest absolute Gasteiger partial charge is 0.303 e. The summed E-state index contributed by atoms with van der Waals surface area (Å²) in [6.45, 7) is 8.51. The molecule has 0 atom stereocenters. The van der Waals surface area contributed by atoms with Crippen LogP contribution >= 0.6 is 0 Å². The zero-order chi connectivity index (χ0) is 14.5. The monoisotopic (exact) mass is 278 g/mol. The molecule has 0 unspecified atom stereocenters. The molecule has 0 aromatic carbocycles. The molecule has 0 amide bonds. The van der Waals surface area contributed by atoms with Crippen LogP contribution in [0.2, 0.25) is 0 Å². The SMILES string of the molecule is Cc1cc(C)nc(N2CCN(CCCC(=O)O)CC2)n1. The average Bonchev–Trinajstić information content (AvgIpc) is 2.38. The van der Waals surface area contributed by atoms with Crippen molar-refractivity contribution >= 4 is 11.9 Å². The van der Waals surface area contributed by atoms with E-state index in [1.165, 1.54) is 0 Å². The van der Waals surface area contributed by atoms with E-state index < -0.39 is 5.97 Å². The van der Waals surface area contributed by atoms with Crippen molar-refractivity contribution in [2.45, 2.75) is 26.7 Å². The molecule has 0 saturated carbocycles. The molecule has 0 radical (unpaired) electrons. The second-order valence-corrected chi connectivity index (χ2v) is 5.28. The van der Waals surface area contributed by atoms with E-state index in [4.69, 9.17) is 5.11 Å². The molecular formula is C14H22N4O2. The molecule has 6 nitrogen and oxygen atoms in total. The van der Waals surface area contributed by atoms with Crippen LogP contribution in [0.1, 0.15) is 24.2 Å². The second-order valence-electron chi connectivity index (χ2n) is 5.28. The van der Waals surface area contributed by atoms with Crippen molar-refractivity contribution in [1.29, 1.82) is 0 Å². The molecule has 1 aromatic heterocycles. The van der Waals surface area contributed by atoms with Crippen LogP contribution < -0.4 is 4.90 Å². The molecule has 2 heterocycles. The number of aryl methyl sites for hydroxylation is 2. The van der Waals surface area contributed by atoms with Crippen molar-refractivity contribution in [2.24, 2.45) is 0 Å². The Kier molecular flexibility index (Phi) is 4.89. The van der Waals surface area contributed by atoms with Gasteiger partial charge in [0.25, 0.3) is 0 Å². The first-order valence-electron chi connectivity index (χ1n) is 7.06. The van der Waals surface area contributed by atoms with Crippen molar-refractivity contribution in [3.63, 3.8) is 0 Å². The van der Waals surface area contributed by atoms with Crippen molar-refractivity contribution in [3.05, 3.63) is 17.5 Å². The maximum Gasteiger partial charge on any atom is 0.303 e. The molecule has 1 aliphatic rings. The molecule has 0 aliphatic carbocycles. The van der Waals surface area contributed by atoms with Gasteiger partial charge in [0.2, 0.25) is 5.95 Å². The number of carboxylic acids is 1. The number of hydrogen-bond acceptors (Lipinski definition) is 5. The number of rotatable bonds is 5. The Bertz CT molecular complexity index is 450. The van der Waals surface area contributed by atoms with Gasteiger partial charge >= 0.3 is 5.97 Å². The minimum atomic E-state index is -0.715. The van der Waals surface area contributed by atoms with Gasteiger partial charge in [0.1, 0.15) is 0 Å². The Morgan fingerprint density at radius 3 is 2.35 bits per heavy atom. The molecule has 110 valence electrons. The third kappa shape index (κ3) is 4.16. The van der Waals surface area contributed by atoms with Gasteiger partial charge in [-0.05, 0) is 32.9 Å². The fourth-order valence-electron chi connectivity index (χ4n) is 2.47. The molecule has 1 saturated heterocycles. The highest BCUT2D eigenvalue weighted by atomic mass is 16.4. The summed E-state index contributed by atoms with van der Waals surface area (Å²) in [4.78, 5) is 24.0. The fraction of sp³-hybridized carbons (Fsp3) is 0.643. The van der Waals surface area contributed by atoms with Crippen LogP contribution in [0.15, 0.2) is 6.07 Å². The van der Waals surface area contributed by atoms with Gasteiger partial charge in [0.15, 0.2) is 0 Å². The van der Waals surface area contributed by atoms with Gasteiger partial charge in [-0.1, -0.05) is 0 Å². The van der Waals surface area contributed by atoms with Gasteiger partial charge in [0.05, 0.1) is 0 Å². The highest BCUT2D eigenvalue weighted by Crippen LogP contribution is 2.13. The van der Waals surface area contributed by atoms with Crippen LogP contribution in [0.4, 0.5) is 5.95 Å². The van der Waals surface area contributed by atoms with Crippen molar-refractivity contribution in [3.8, 4) is 0 Å². The Hall–Kier alpha value is -1.69. The summed E-state index contributed by atoms with van der Waals surface area (Å²) in [7, 11) is 0. The standard InChI is InChI=1S/C14H22N4O2/c1-11-10-12(2)16-14(15-11)18-8-6-17(7-9-18)5-3-4-13(19)20/h10H,3-9H2,1-2H3,(H,19,20). The number of nitrogens with zero attached hydrogens (tertiary/aromatic N) is 4. The zero-order valence-corrected chi connectivity index (χ0v) is 12.2. The topological polar surface area (TPSA) is 69.6 Å². The first kappa shape index (κ1) is 14.7. The van der Waals surface area contributed by atoms with E-state index in [1.807, 2.05) is 19.9 Å². The molecule has 0 bridgehead atoms. The Morgan fingerprint density at radius 2 is 1.80 bits per heavy atom. The molecule has 1 N–H and O–H groups in total. The second kappa shape index (κ2) is 6.65. The summed E-state index contributed by atoms with van der Waals surface area (Å²) in [5, 5.41) is 8.64. The van der Waals surface area contributed by atoms with Crippen molar-refractivity contribution in [1.82, 2.24) is 14.9 Å². The van der Waals surface area contributed by atoms with Crippen LogP contribution in [0.3, 0.4) is 0 Å². The quantitative estimate of drug-likeness (QED) is 0.869. The Labute approximate surface area is 119 Å². The Balaban J connectivity index is 1.83. The normalized spacial score (nSPS) is 16.4. The summed E-state index contributed by atoms with van der Waals surface area (Å²) >= 11 is 0. The van der Waals surface area contributed by atoms with Crippen LogP contribution in [0, 0.1) is 13.8 Å². The highest BCUT2D eigenvalue weighted by molar-refractivity contribution is 5.66. The van der Waals surface area contributed by atoms with Crippen LogP contribution in [-0.4, -0.2) is 58.7 Å². The van der Waals surface area contributed by atoms with E-state index in [0.717, 1.165) is 56.5 Å². The predicted molar refractivity (Wildman–Crippen MR) is 77.0 cm³/mol. The lowest BCUT2D eigenvalue weighted by Gasteiger charge is -2.34. The maximum absolute atomic E-state index is 10.5. The summed E-state index contributed by atoms with van der Waals surface area (Å²) in [5.41, 5.74) is 1.99. The summed E-state index contributed by atoms with van der Waals surface area (Å²) in [6, 6.07) is 1.98. The van der Waals surface area contributed by atoms with E-state index in [-0.39, 0.29) is 6.42 Å². The largest absolute Gasteiger partial charge is 0.481 e. The minimum Gasteiger partial charge on any atom is -0.481 e. The maximum atomic E-state index is 10.5. The molecule has 20 heavy (non-hydrogen) atoms. The van der Waals surface area contributed by atoms with Gasteiger partial charge in [0, 0.05) is 44.0 Å². The van der Waals surface area contributed by atoms with Crippen LogP contribution in [-0.2, 0) is 4.79 Å². The van der Waals surface area contributed by atoms with E-state index >= 15 is 0 Å².